The van der Waals surface area contributed by atoms with Crippen LogP contribution in [-0.2, 0) is 10.2 Å². The Morgan fingerprint density at radius 1 is 1.00 bits per heavy atom. The summed E-state index contributed by atoms with van der Waals surface area (Å²) in [6, 6.07) is 15.6. The van der Waals surface area contributed by atoms with Crippen molar-refractivity contribution in [1.29, 1.82) is 0 Å². The lowest BCUT2D eigenvalue weighted by molar-refractivity contribution is -0.119. The van der Waals surface area contributed by atoms with E-state index in [1.54, 1.807) is 0 Å². The first-order chi connectivity index (χ1) is 8.82. The zero-order valence-electron chi connectivity index (χ0n) is 9.64. The van der Waals surface area contributed by atoms with Gasteiger partial charge in [0.25, 0.3) is 0 Å². The van der Waals surface area contributed by atoms with Gasteiger partial charge in [0.2, 0.25) is 5.91 Å². The van der Waals surface area contributed by atoms with Crippen LogP contribution in [0.15, 0.2) is 48.5 Å². The molecule has 2 aromatic rings. The Hall–Kier alpha value is -2.29. The number of rotatable bonds is 0. The lowest BCUT2D eigenvalue weighted by Gasteiger charge is -2.19. The second-order valence-corrected chi connectivity index (χ2v) is 4.69. The number of ether oxygens (including phenoxy) is 1. The maximum Gasteiger partial charge on any atom is 0.243 e. The zero-order chi connectivity index (χ0) is 12.2. The molecule has 0 saturated heterocycles. The summed E-state index contributed by atoms with van der Waals surface area (Å²) in [6.45, 7) is 0.384. The minimum atomic E-state index is -0.660. The summed E-state index contributed by atoms with van der Waals surface area (Å²) in [4.78, 5) is 12.4. The quantitative estimate of drug-likeness (QED) is 0.763. The van der Waals surface area contributed by atoms with Crippen molar-refractivity contribution in [3.05, 3.63) is 59.7 Å². The van der Waals surface area contributed by atoms with Crippen molar-refractivity contribution in [2.45, 2.75) is 5.41 Å². The largest absolute Gasteiger partial charge is 0.491 e. The van der Waals surface area contributed by atoms with Crippen LogP contribution in [-0.4, -0.2) is 12.5 Å². The Bertz CT molecular complexity index is 652. The van der Waals surface area contributed by atoms with Crippen LogP contribution in [0.4, 0.5) is 5.69 Å². The number of amides is 1. The molecule has 0 bridgehead atoms. The molecule has 2 aliphatic heterocycles. The van der Waals surface area contributed by atoms with E-state index in [4.69, 9.17) is 4.74 Å². The van der Waals surface area contributed by atoms with Crippen molar-refractivity contribution in [3.63, 3.8) is 0 Å². The van der Waals surface area contributed by atoms with Crippen molar-refractivity contribution >= 4 is 11.6 Å². The van der Waals surface area contributed by atoms with Gasteiger partial charge in [-0.05, 0) is 17.7 Å². The van der Waals surface area contributed by atoms with Crippen LogP contribution in [0.3, 0.4) is 0 Å². The van der Waals surface area contributed by atoms with Gasteiger partial charge in [-0.25, -0.2) is 0 Å². The molecule has 3 nitrogen and oxygen atoms in total. The second-order valence-electron chi connectivity index (χ2n) is 4.69. The zero-order valence-corrected chi connectivity index (χ0v) is 9.64. The molecule has 1 N–H and O–H groups in total. The van der Waals surface area contributed by atoms with E-state index >= 15 is 0 Å². The first kappa shape index (κ1) is 9.71. The van der Waals surface area contributed by atoms with Gasteiger partial charge in [0.05, 0.1) is 0 Å². The summed E-state index contributed by atoms with van der Waals surface area (Å²) < 4.78 is 5.70. The number of hydrogen-bond acceptors (Lipinski definition) is 2. The van der Waals surface area contributed by atoms with Crippen molar-refractivity contribution in [2.24, 2.45) is 0 Å². The number of benzene rings is 2. The average molecular weight is 237 g/mol. The lowest BCUT2D eigenvalue weighted by Crippen LogP contribution is -2.37. The minimum absolute atomic E-state index is 0.00801. The number of hydrogen-bond donors (Lipinski definition) is 1. The molecule has 0 aromatic heterocycles. The molecule has 0 fully saturated rings. The Kier molecular flexibility index (Phi) is 1.69. The third-order valence-corrected chi connectivity index (χ3v) is 3.81. The molecule has 1 amide bonds. The van der Waals surface area contributed by atoms with E-state index in [9.17, 15) is 4.79 Å². The van der Waals surface area contributed by atoms with Crippen LogP contribution < -0.4 is 10.1 Å². The fourth-order valence-corrected chi connectivity index (χ4v) is 2.94. The first-order valence-electron chi connectivity index (χ1n) is 5.96. The van der Waals surface area contributed by atoms with Gasteiger partial charge in [-0.15, -0.1) is 0 Å². The number of carbonyl (C=O) groups excluding carboxylic acids is 1. The number of carbonyl (C=O) groups is 1. The Morgan fingerprint density at radius 2 is 1.72 bits per heavy atom. The van der Waals surface area contributed by atoms with E-state index in [1.807, 2.05) is 48.5 Å². The third kappa shape index (κ3) is 0.973. The molecule has 2 heterocycles. The van der Waals surface area contributed by atoms with E-state index in [1.165, 1.54) is 0 Å². The molecule has 1 atom stereocenters. The molecular formula is C15H11NO2. The van der Waals surface area contributed by atoms with Crippen LogP contribution >= 0.6 is 0 Å². The highest BCUT2D eigenvalue weighted by molar-refractivity contribution is 6.09. The van der Waals surface area contributed by atoms with E-state index < -0.39 is 5.41 Å². The average Bonchev–Trinajstić information content (AvgIpc) is 2.92. The van der Waals surface area contributed by atoms with Crippen molar-refractivity contribution < 1.29 is 9.53 Å². The highest BCUT2D eigenvalue weighted by Crippen LogP contribution is 2.49. The Morgan fingerprint density at radius 3 is 2.61 bits per heavy atom. The van der Waals surface area contributed by atoms with Gasteiger partial charge >= 0.3 is 0 Å². The third-order valence-electron chi connectivity index (χ3n) is 3.81. The maximum absolute atomic E-state index is 12.4. The monoisotopic (exact) mass is 237 g/mol. The van der Waals surface area contributed by atoms with E-state index in [2.05, 4.69) is 5.32 Å². The summed E-state index contributed by atoms with van der Waals surface area (Å²) in [6.07, 6.45) is 0. The van der Waals surface area contributed by atoms with Crippen molar-refractivity contribution in [2.75, 3.05) is 11.9 Å². The maximum atomic E-state index is 12.4. The normalized spacial score (nSPS) is 23.4. The molecule has 88 valence electrons. The number of para-hydroxylation sites is 2. The van der Waals surface area contributed by atoms with Crippen LogP contribution in [0.1, 0.15) is 11.1 Å². The SMILES string of the molecule is O=C1Nc2ccccc2C12COc1ccccc12. The molecule has 2 aliphatic rings. The van der Waals surface area contributed by atoms with Crippen LogP contribution in [0.5, 0.6) is 5.75 Å². The highest BCUT2D eigenvalue weighted by Gasteiger charge is 2.53. The Balaban J connectivity index is 2.04. The number of nitrogens with one attached hydrogen (secondary N) is 1. The van der Waals surface area contributed by atoms with Crippen molar-refractivity contribution in [3.8, 4) is 5.75 Å². The molecule has 0 radical (unpaired) electrons. The smallest absolute Gasteiger partial charge is 0.243 e. The van der Waals surface area contributed by atoms with Gasteiger partial charge < -0.3 is 10.1 Å². The summed E-state index contributed by atoms with van der Waals surface area (Å²) >= 11 is 0. The molecule has 2 aromatic carbocycles. The minimum Gasteiger partial charge on any atom is -0.491 e. The van der Waals surface area contributed by atoms with Crippen LogP contribution in [0, 0.1) is 0 Å². The predicted molar refractivity (Wildman–Crippen MR) is 67.8 cm³/mol. The van der Waals surface area contributed by atoms with Gasteiger partial charge in [-0.1, -0.05) is 36.4 Å². The van der Waals surface area contributed by atoms with Gasteiger partial charge in [-0.3, -0.25) is 4.79 Å². The number of anilines is 1. The van der Waals surface area contributed by atoms with Gasteiger partial charge in [-0.2, -0.15) is 0 Å². The van der Waals surface area contributed by atoms with Crippen molar-refractivity contribution in [1.82, 2.24) is 0 Å². The fraction of sp³-hybridized carbons (Fsp3) is 0.133. The topological polar surface area (TPSA) is 38.3 Å². The summed E-state index contributed by atoms with van der Waals surface area (Å²) in [7, 11) is 0. The fourth-order valence-electron chi connectivity index (χ4n) is 2.94. The van der Waals surface area contributed by atoms with E-state index in [0.717, 1.165) is 22.6 Å². The lowest BCUT2D eigenvalue weighted by atomic mass is 9.77. The molecule has 0 saturated carbocycles. The van der Waals surface area contributed by atoms with Gasteiger partial charge in [0.1, 0.15) is 17.8 Å². The summed E-state index contributed by atoms with van der Waals surface area (Å²) in [5, 5.41) is 2.95. The molecule has 1 unspecified atom stereocenters. The Labute approximate surface area is 104 Å². The molecule has 4 rings (SSSR count). The predicted octanol–water partition coefficient (Wildman–Crippen LogP) is 2.32. The summed E-state index contributed by atoms with van der Waals surface area (Å²) in [5.41, 5.74) is 2.21. The molecule has 18 heavy (non-hydrogen) atoms. The molecular weight excluding hydrogens is 226 g/mol. The van der Waals surface area contributed by atoms with Gasteiger partial charge in [0, 0.05) is 11.3 Å². The molecule has 3 heteroatoms. The van der Waals surface area contributed by atoms with Crippen LogP contribution in [0.2, 0.25) is 0 Å². The first-order valence-corrected chi connectivity index (χ1v) is 5.96. The van der Waals surface area contributed by atoms with E-state index in [0.29, 0.717) is 6.61 Å². The van der Waals surface area contributed by atoms with E-state index in [-0.39, 0.29) is 5.91 Å². The summed E-state index contributed by atoms with van der Waals surface area (Å²) in [5.74, 6) is 0.818. The number of fused-ring (bicyclic) bond motifs is 4. The second kappa shape index (κ2) is 3.13. The highest BCUT2D eigenvalue weighted by atomic mass is 16.5. The molecule has 1 spiro atoms. The van der Waals surface area contributed by atoms with Gasteiger partial charge in [0.15, 0.2) is 0 Å². The molecule has 0 aliphatic carbocycles. The van der Waals surface area contributed by atoms with Crippen LogP contribution in [0.25, 0.3) is 0 Å². The standard InChI is InChI=1S/C15H11NO2/c17-14-15(10-5-1-3-7-12(10)16-14)9-18-13-8-4-2-6-11(13)15/h1-8H,9H2,(H,16,17).